The minimum absolute atomic E-state index is 0.0492. The molecule has 34 heavy (non-hydrogen) atoms. The Hall–Kier alpha value is -4.16. The van der Waals surface area contributed by atoms with Gasteiger partial charge in [-0.1, -0.05) is 24.3 Å². The molecule has 0 heterocycles. The highest BCUT2D eigenvalue weighted by Gasteiger charge is 2.27. The monoisotopic (exact) mass is 476 g/mol. The van der Waals surface area contributed by atoms with Crippen molar-refractivity contribution in [1.82, 2.24) is 5.43 Å². The summed E-state index contributed by atoms with van der Waals surface area (Å²) in [5, 5.41) is 12.5. The fourth-order valence-electron chi connectivity index (χ4n) is 3.03. The van der Waals surface area contributed by atoms with Gasteiger partial charge in [-0.15, -0.1) is 0 Å². The summed E-state index contributed by atoms with van der Waals surface area (Å²) in [6.45, 7) is 3.32. The fraction of sp³-hybridized carbons (Fsp3) is 0.160. The largest absolute Gasteiger partial charge is 0.479 e. The van der Waals surface area contributed by atoms with Gasteiger partial charge in [0.1, 0.15) is 18.4 Å². The van der Waals surface area contributed by atoms with Gasteiger partial charge in [0, 0.05) is 0 Å². The number of amides is 1. The van der Waals surface area contributed by atoms with Gasteiger partial charge in [-0.3, -0.25) is 9.10 Å². The van der Waals surface area contributed by atoms with E-state index in [2.05, 4.69) is 10.5 Å². The molecule has 0 aliphatic heterocycles. The van der Waals surface area contributed by atoms with Gasteiger partial charge in [0.15, 0.2) is 6.61 Å². The summed E-state index contributed by atoms with van der Waals surface area (Å²) in [7, 11) is -3.98. The standard InChI is InChI=1S/C25H24N4O4S/c1-19-8-11-22(16-20(19)2)29(34(31,32)24-6-4-3-5-7-24)18-25(30)28-27-17-21-9-12-23(13-10-21)33-15-14-26/h3-13,16-17H,15,18H2,1-2H3,(H,28,30)/b27-17+. The van der Waals surface area contributed by atoms with E-state index in [1.54, 1.807) is 54.6 Å². The zero-order chi connectivity index (χ0) is 24.6. The van der Waals surface area contributed by atoms with Crippen LogP contribution in [0.4, 0.5) is 5.69 Å². The molecule has 0 spiro atoms. The highest BCUT2D eigenvalue weighted by molar-refractivity contribution is 7.92. The van der Waals surface area contributed by atoms with Crippen LogP contribution in [0.3, 0.4) is 0 Å². The Labute approximate surface area is 199 Å². The van der Waals surface area contributed by atoms with Crippen LogP contribution in [0.15, 0.2) is 82.8 Å². The highest BCUT2D eigenvalue weighted by atomic mass is 32.2. The fourth-order valence-corrected chi connectivity index (χ4v) is 4.46. The number of nitriles is 1. The van der Waals surface area contributed by atoms with Gasteiger partial charge < -0.3 is 4.74 Å². The zero-order valence-corrected chi connectivity index (χ0v) is 19.6. The summed E-state index contributed by atoms with van der Waals surface area (Å²) in [4.78, 5) is 12.7. The number of rotatable bonds is 9. The van der Waals surface area contributed by atoms with Crippen molar-refractivity contribution in [3.8, 4) is 11.8 Å². The van der Waals surface area contributed by atoms with Crippen molar-refractivity contribution in [1.29, 1.82) is 5.26 Å². The molecule has 1 amide bonds. The molecule has 0 aliphatic rings. The number of hydrogen-bond donors (Lipinski definition) is 1. The van der Waals surface area contributed by atoms with E-state index in [4.69, 9.17) is 10.00 Å². The number of carbonyl (C=O) groups excluding carboxylic acids is 1. The van der Waals surface area contributed by atoms with Crippen LogP contribution < -0.4 is 14.5 Å². The summed E-state index contributed by atoms with van der Waals surface area (Å²) in [5.41, 5.74) is 5.38. The molecular formula is C25H24N4O4S. The number of carbonyl (C=O) groups is 1. The average molecular weight is 477 g/mol. The Balaban J connectivity index is 1.77. The summed E-state index contributed by atoms with van der Waals surface area (Å²) in [5.74, 6) is -0.0548. The summed E-state index contributed by atoms with van der Waals surface area (Å²) < 4.78 is 32.9. The van der Waals surface area contributed by atoms with E-state index in [0.29, 0.717) is 17.0 Å². The minimum Gasteiger partial charge on any atom is -0.479 e. The smallest absolute Gasteiger partial charge is 0.264 e. The Morgan fingerprint density at radius 1 is 1.06 bits per heavy atom. The van der Waals surface area contributed by atoms with Crippen LogP contribution in [0.1, 0.15) is 16.7 Å². The lowest BCUT2D eigenvalue weighted by Crippen LogP contribution is -2.39. The number of sulfonamides is 1. The molecule has 3 aromatic carbocycles. The van der Waals surface area contributed by atoms with E-state index in [0.717, 1.165) is 15.4 Å². The van der Waals surface area contributed by atoms with Crippen LogP contribution in [0.5, 0.6) is 5.75 Å². The first kappa shape index (κ1) is 24.5. The molecule has 9 heteroatoms. The molecule has 0 fully saturated rings. The lowest BCUT2D eigenvalue weighted by Gasteiger charge is -2.24. The minimum atomic E-state index is -3.98. The van der Waals surface area contributed by atoms with Gasteiger partial charge in [-0.2, -0.15) is 10.4 Å². The van der Waals surface area contributed by atoms with E-state index in [1.807, 2.05) is 26.0 Å². The molecule has 0 saturated heterocycles. The third kappa shape index (κ3) is 6.21. The molecule has 174 valence electrons. The Morgan fingerprint density at radius 3 is 2.41 bits per heavy atom. The van der Waals surface area contributed by atoms with Gasteiger partial charge in [0.05, 0.1) is 16.8 Å². The van der Waals surface area contributed by atoms with Crippen LogP contribution in [0.2, 0.25) is 0 Å². The van der Waals surface area contributed by atoms with Crippen molar-refractivity contribution in [2.45, 2.75) is 18.7 Å². The predicted molar refractivity (Wildman–Crippen MR) is 130 cm³/mol. The van der Waals surface area contributed by atoms with Gasteiger partial charge >= 0.3 is 0 Å². The highest BCUT2D eigenvalue weighted by Crippen LogP contribution is 2.25. The number of benzene rings is 3. The lowest BCUT2D eigenvalue weighted by atomic mass is 10.1. The molecular weight excluding hydrogens is 452 g/mol. The first-order valence-corrected chi connectivity index (χ1v) is 11.8. The summed E-state index contributed by atoms with van der Waals surface area (Å²) >= 11 is 0. The van der Waals surface area contributed by atoms with Crippen LogP contribution in [-0.4, -0.2) is 33.7 Å². The SMILES string of the molecule is Cc1ccc(N(CC(=O)N/N=C/c2ccc(OCC#N)cc2)S(=O)(=O)c2ccccc2)cc1C. The number of hydrazone groups is 1. The predicted octanol–water partition coefficient (Wildman–Crippen LogP) is 3.55. The van der Waals surface area contributed by atoms with Crippen molar-refractivity contribution < 1.29 is 17.9 Å². The number of nitrogens with one attached hydrogen (secondary N) is 1. The molecule has 0 saturated carbocycles. The zero-order valence-electron chi connectivity index (χ0n) is 18.8. The molecule has 8 nitrogen and oxygen atoms in total. The topological polar surface area (TPSA) is 112 Å². The maximum Gasteiger partial charge on any atom is 0.264 e. The first-order chi connectivity index (χ1) is 16.3. The molecule has 0 unspecified atom stereocenters. The Bertz CT molecular complexity index is 1320. The number of hydrogen-bond acceptors (Lipinski definition) is 6. The van der Waals surface area contributed by atoms with Crippen molar-refractivity contribution in [3.05, 3.63) is 89.5 Å². The second-order valence-electron chi connectivity index (χ2n) is 7.40. The normalized spacial score (nSPS) is 11.1. The summed E-state index contributed by atoms with van der Waals surface area (Å²) in [6, 6.07) is 21.9. The molecule has 3 rings (SSSR count). The third-order valence-electron chi connectivity index (χ3n) is 4.98. The van der Waals surface area contributed by atoms with E-state index in [-0.39, 0.29) is 11.5 Å². The molecule has 0 bridgehead atoms. The number of anilines is 1. The van der Waals surface area contributed by atoms with Gasteiger partial charge in [-0.25, -0.2) is 13.8 Å². The van der Waals surface area contributed by atoms with Crippen LogP contribution >= 0.6 is 0 Å². The molecule has 1 N–H and O–H groups in total. The summed E-state index contributed by atoms with van der Waals surface area (Å²) in [6.07, 6.45) is 1.43. The second-order valence-corrected chi connectivity index (χ2v) is 9.26. The maximum absolute atomic E-state index is 13.3. The second kappa shape index (κ2) is 11.1. The van der Waals surface area contributed by atoms with E-state index >= 15 is 0 Å². The van der Waals surface area contributed by atoms with Crippen LogP contribution in [0, 0.1) is 25.2 Å². The van der Waals surface area contributed by atoms with Gasteiger partial charge in [-0.05, 0) is 79.1 Å². The number of ether oxygens (including phenoxy) is 1. The van der Waals surface area contributed by atoms with Crippen molar-refractivity contribution in [2.24, 2.45) is 5.10 Å². The van der Waals surface area contributed by atoms with E-state index in [9.17, 15) is 13.2 Å². The molecule has 3 aromatic rings. The Kier molecular flexibility index (Phi) is 8.01. The van der Waals surface area contributed by atoms with Crippen molar-refractivity contribution in [3.63, 3.8) is 0 Å². The molecule has 0 radical (unpaired) electrons. The quantitative estimate of drug-likeness (QED) is 0.375. The first-order valence-electron chi connectivity index (χ1n) is 10.4. The molecule has 0 aliphatic carbocycles. The van der Waals surface area contributed by atoms with Gasteiger partial charge in [0.2, 0.25) is 0 Å². The average Bonchev–Trinajstić information content (AvgIpc) is 2.84. The van der Waals surface area contributed by atoms with Crippen molar-refractivity contribution in [2.75, 3.05) is 17.5 Å². The van der Waals surface area contributed by atoms with Gasteiger partial charge in [0.25, 0.3) is 15.9 Å². The lowest BCUT2D eigenvalue weighted by molar-refractivity contribution is -0.119. The number of nitrogens with zero attached hydrogens (tertiary/aromatic N) is 3. The van der Waals surface area contributed by atoms with Crippen LogP contribution in [-0.2, 0) is 14.8 Å². The maximum atomic E-state index is 13.3. The van der Waals surface area contributed by atoms with Crippen molar-refractivity contribution >= 4 is 27.8 Å². The number of aryl methyl sites for hydroxylation is 2. The van der Waals surface area contributed by atoms with E-state index in [1.165, 1.54) is 18.3 Å². The van der Waals surface area contributed by atoms with E-state index < -0.39 is 22.5 Å². The third-order valence-corrected chi connectivity index (χ3v) is 6.77. The molecule has 0 aromatic heterocycles. The van der Waals surface area contributed by atoms with Crippen LogP contribution in [0.25, 0.3) is 0 Å². The molecule has 0 atom stereocenters. The Morgan fingerprint density at radius 2 is 1.76 bits per heavy atom.